The Labute approximate surface area is 233 Å². The average Bonchev–Trinajstić information content (AvgIpc) is 3.69. The van der Waals surface area contributed by atoms with Gasteiger partial charge in [-0.15, -0.1) is 0 Å². The molecule has 4 N–H and O–H groups in total. The van der Waals surface area contributed by atoms with Gasteiger partial charge >= 0.3 is 6.09 Å². The van der Waals surface area contributed by atoms with E-state index in [1.54, 1.807) is 0 Å². The lowest BCUT2D eigenvalue weighted by Gasteiger charge is -2.33. The normalized spacial score (nSPS) is 25.3. The van der Waals surface area contributed by atoms with E-state index in [4.69, 9.17) is 18.9 Å². The minimum absolute atomic E-state index is 0.0595. The van der Waals surface area contributed by atoms with Gasteiger partial charge in [0.15, 0.2) is 6.29 Å². The van der Waals surface area contributed by atoms with E-state index >= 15 is 0 Å². The molecule has 0 aromatic heterocycles. The lowest BCUT2D eigenvalue weighted by atomic mass is 10.00. The van der Waals surface area contributed by atoms with Crippen molar-refractivity contribution in [1.82, 2.24) is 10.0 Å². The number of rotatable bonds is 11. The molecule has 5 rings (SSSR count). The Morgan fingerprint density at radius 2 is 1.82 bits per heavy atom. The van der Waals surface area contributed by atoms with Crippen LogP contribution in [0.2, 0.25) is 0 Å². The van der Waals surface area contributed by atoms with Gasteiger partial charge < -0.3 is 34.5 Å². The molecule has 2 aromatic rings. The third kappa shape index (κ3) is 7.12. The maximum atomic E-state index is 13.3. The molecule has 0 radical (unpaired) electrons. The fourth-order valence-electron chi connectivity index (χ4n) is 5.49. The quantitative estimate of drug-likeness (QED) is 0.296. The van der Waals surface area contributed by atoms with Crippen LogP contribution in [0.5, 0.6) is 5.75 Å². The fraction of sp³-hybridized carbons (Fsp3) is 0.536. The maximum absolute atomic E-state index is 13.3. The zero-order valence-corrected chi connectivity index (χ0v) is 22.9. The molecule has 12 heteroatoms. The van der Waals surface area contributed by atoms with Crippen molar-refractivity contribution >= 4 is 16.1 Å². The van der Waals surface area contributed by atoms with E-state index in [9.17, 15) is 23.4 Å². The molecule has 2 saturated heterocycles. The SMILES string of the molecule is O=C(N[C@@H](Cc1ccccc1)[C@@H](O)C(NS(=O)(=O)c1cccc(O)c1)OC1CCCC1)OC1COC2OCCC12. The lowest BCUT2D eigenvalue weighted by Crippen LogP contribution is -2.57. The molecule has 2 aromatic carbocycles. The number of aromatic hydroxyl groups is 1. The van der Waals surface area contributed by atoms with Crippen LogP contribution >= 0.6 is 0 Å². The van der Waals surface area contributed by atoms with Gasteiger partial charge in [0.2, 0.25) is 10.0 Å². The second kappa shape index (κ2) is 12.8. The van der Waals surface area contributed by atoms with Crippen LogP contribution in [-0.4, -0.2) is 74.8 Å². The lowest BCUT2D eigenvalue weighted by molar-refractivity contribution is -0.0912. The smallest absolute Gasteiger partial charge is 0.407 e. The molecule has 1 amide bonds. The molecule has 2 heterocycles. The van der Waals surface area contributed by atoms with Gasteiger partial charge in [-0.25, -0.2) is 13.2 Å². The molecule has 40 heavy (non-hydrogen) atoms. The van der Waals surface area contributed by atoms with Gasteiger partial charge in [-0.05, 0) is 49.4 Å². The van der Waals surface area contributed by atoms with Crippen molar-refractivity contribution in [3.8, 4) is 5.75 Å². The van der Waals surface area contributed by atoms with Crippen LogP contribution < -0.4 is 10.0 Å². The van der Waals surface area contributed by atoms with Crippen LogP contribution in [0.25, 0.3) is 0 Å². The molecule has 3 fully saturated rings. The second-order valence-corrected chi connectivity index (χ2v) is 12.2. The molecule has 1 saturated carbocycles. The van der Waals surface area contributed by atoms with Gasteiger partial charge in [-0.2, -0.15) is 4.72 Å². The minimum atomic E-state index is -4.20. The van der Waals surface area contributed by atoms with Crippen molar-refractivity contribution in [3.05, 3.63) is 60.2 Å². The van der Waals surface area contributed by atoms with Crippen molar-refractivity contribution in [3.63, 3.8) is 0 Å². The molecule has 11 nitrogen and oxygen atoms in total. The highest BCUT2D eigenvalue weighted by Gasteiger charge is 2.44. The molecule has 218 valence electrons. The Balaban J connectivity index is 1.36. The molecule has 3 aliphatic rings. The number of fused-ring (bicyclic) bond motifs is 1. The molecule has 0 bridgehead atoms. The van der Waals surface area contributed by atoms with Crippen molar-refractivity contribution in [2.45, 2.75) is 80.3 Å². The third-order valence-corrected chi connectivity index (χ3v) is 9.03. The average molecular weight is 577 g/mol. The summed E-state index contributed by atoms with van der Waals surface area (Å²) in [5.41, 5.74) is 0.816. The Morgan fingerprint density at radius 1 is 1.05 bits per heavy atom. The summed E-state index contributed by atoms with van der Waals surface area (Å²) in [6.07, 6.45) is -0.544. The van der Waals surface area contributed by atoms with E-state index in [0.717, 1.165) is 37.3 Å². The number of hydrogen-bond acceptors (Lipinski definition) is 9. The van der Waals surface area contributed by atoms with Gasteiger partial charge in [0.05, 0.1) is 36.2 Å². The predicted molar refractivity (Wildman–Crippen MR) is 143 cm³/mol. The number of nitrogens with one attached hydrogen (secondary N) is 2. The topological polar surface area (TPSA) is 153 Å². The number of phenols is 1. The first-order chi connectivity index (χ1) is 19.3. The Bertz CT molecular complexity index is 1240. The Kier molecular flexibility index (Phi) is 9.24. The van der Waals surface area contributed by atoms with E-state index in [2.05, 4.69) is 10.0 Å². The molecule has 0 spiro atoms. The first kappa shape index (κ1) is 28.8. The number of carbonyl (C=O) groups excluding carboxylic acids is 1. The van der Waals surface area contributed by atoms with Gasteiger partial charge in [0, 0.05) is 0 Å². The van der Waals surface area contributed by atoms with Crippen LogP contribution in [0.1, 0.15) is 37.7 Å². The minimum Gasteiger partial charge on any atom is -0.508 e. The van der Waals surface area contributed by atoms with E-state index in [-0.39, 0.29) is 42.0 Å². The highest BCUT2D eigenvalue weighted by Crippen LogP contribution is 2.33. The van der Waals surface area contributed by atoms with Crippen molar-refractivity contribution in [2.75, 3.05) is 13.2 Å². The summed E-state index contributed by atoms with van der Waals surface area (Å²) in [6.45, 7) is 0.747. The van der Waals surface area contributed by atoms with Gasteiger partial charge in [-0.3, -0.25) is 0 Å². The molecule has 4 unspecified atom stereocenters. The molecular weight excluding hydrogens is 540 g/mol. The number of benzene rings is 2. The Morgan fingerprint density at radius 3 is 2.58 bits per heavy atom. The fourth-order valence-corrected chi connectivity index (χ4v) is 6.66. The number of amides is 1. The number of alkyl carbamates (subject to hydrolysis) is 1. The first-order valence-electron chi connectivity index (χ1n) is 13.7. The summed E-state index contributed by atoms with van der Waals surface area (Å²) in [5, 5.41) is 24.2. The first-order valence-corrected chi connectivity index (χ1v) is 15.2. The zero-order valence-electron chi connectivity index (χ0n) is 22.1. The number of aliphatic hydroxyl groups excluding tert-OH is 1. The number of ether oxygens (including phenoxy) is 4. The van der Waals surface area contributed by atoms with Crippen LogP contribution in [0, 0.1) is 5.92 Å². The summed E-state index contributed by atoms with van der Waals surface area (Å²) < 4.78 is 51.8. The highest BCUT2D eigenvalue weighted by atomic mass is 32.2. The summed E-state index contributed by atoms with van der Waals surface area (Å²) in [6, 6.07) is 13.5. The number of hydrogen-bond donors (Lipinski definition) is 4. The summed E-state index contributed by atoms with van der Waals surface area (Å²) in [7, 11) is -4.20. The van der Waals surface area contributed by atoms with E-state index in [0.29, 0.717) is 13.0 Å². The van der Waals surface area contributed by atoms with Crippen LogP contribution in [-0.2, 0) is 35.4 Å². The summed E-state index contributed by atoms with van der Waals surface area (Å²) in [4.78, 5) is 12.9. The van der Waals surface area contributed by atoms with Crippen molar-refractivity contribution < 1.29 is 42.4 Å². The standard InChI is InChI=1S/C28H36N2O9S/c31-19-9-6-12-21(16-19)40(34,35)30-26(38-20-10-4-5-11-20)25(32)23(15-18-7-2-1-3-8-18)29-28(33)39-24-17-37-27-22(24)13-14-36-27/h1-3,6-9,12,16,20,22-27,30-32H,4-5,10-11,13-15,17H2,(H,29,33)/t22?,23-,24?,25+,26?,27?/m0/s1. The van der Waals surface area contributed by atoms with E-state index in [1.807, 2.05) is 30.3 Å². The zero-order chi connectivity index (χ0) is 28.1. The maximum Gasteiger partial charge on any atom is 0.407 e. The van der Waals surface area contributed by atoms with Crippen LogP contribution in [0.15, 0.2) is 59.5 Å². The van der Waals surface area contributed by atoms with Crippen LogP contribution in [0.4, 0.5) is 4.79 Å². The summed E-state index contributed by atoms with van der Waals surface area (Å²) in [5.74, 6) is -0.273. The van der Waals surface area contributed by atoms with Crippen molar-refractivity contribution in [1.29, 1.82) is 0 Å². The second-order valence-electron chi connectivity index (χ2n) is 10.5. The summed E-state index contributed by atoms with van der Waals surface area (Å²) >= 11 is 0. The van der Waals surface area contributed by atoms with Crippen LogP contribution in [0.3, 0.4) is 0 Å². The highest BCUT2D eigenvalue weighted by molar-refractivity contribution is 7.89. The predicted octanol–water partition coefficient (Wildman–Crippen LogP) is 2.42. The number of carbonyl (C=O) groups is 1. The number of sulfonamides is 1. The molecule has 6 atom stereocenters. The van der Waals surface area contributed by atoms with E-state index in [1.165, 1.54) is 18.2 Å². The van der Waals surface area contributed by atoms with Gasteiger partial charge in [-0.1, -0.05) is 49.2 Å². The van der Waals surface area contributed by atoms with Gasteiger partial charge in [0.25, 0.3) is 0 Å². The van der Waals surface area contributed by atoms with Crippen molar-refractivity contribution in [2.24, 2.45) is 5.92 Å². The van der Waals surface area contributed by atoms with Gasteiger partial charge in [0.1, 0.15) is 24.2 Å². The third-order valence-electron chi connectivity index (χ3n) is 7.61. The molecule has 1 aliphatic carbocycles. The molecule has 2 aliphatic heterocycles. The number of phenolic OH excluding ortho intramolecular Hbond substituents is 1. The monoisotopic (exact) mass is 576 g/mol. The largest absolute Gasteiger partial charge is 0.508 e. The number of aliphatic hydroxyl groups is 1. The van der Waals surface area contributed by atoms with E-state index < -0.39 is 40.6 Å². The Hall–Kier alpha value is -2.74. The molecular formula is C28H36N2O9S.